The van der Waals surface area contributed by atoms with Gasteiger partial charge < -0.3 is 4.42 Å². The minimum atomic E-state index is -0.414. The molecule has 0 aliphatic rings. The van der Waals surface area contributed by atoms with Crippen LogP contribution in [0.4, 0.5) is 0 Å². The maximum atomic E-state index is 13.1. The van der Waals surface area contributed by atoms with Crippen molar-refractivity contribution in [3.63, 3.8) is 0 Å². The molecule has 0 saturated heterocycles. The molecular weight excluding hydrogens is 440 g/mol. The van der Waals surface area contributed by atoms with E-state index in [9.17, 15) is 9.59 Å². The molecule has 9 nitrogen and oxygen atoms in total. The summed E-state index contributed by atoms with van der Waals surface area (Å²) in [5.41, 5.74) is 0.411. The molecule has 1 atom stereocenters. The van der Waals surface area contributed by atoms with Gasteiger partial charge in [0.05, 0.1) is 5.25 Å². The van der Waals surface area contributed by atoms with E-state index in [0.717, 1.165) is 16.6 Å². The third-order valence-electron chi connectivity index (χ3n) is 5.23. The Morgan fingerprint density at radius 1 is 1.06 bits per heavy atom. The maximum Gasteiger partial charge on any atom is 0.332 e. The summed E-state index contributed by atoms with van der Waals surface area (Å²) < 4.78 is 8.58. The number of benzene rings is 1. The molecule has 0 radical (unpaired) electrons. The second-order valence-corrected chi connectivity index (χ2v) is 9.44. The van der Waals surface area contributed by atoms with Crippen molar-refractivity contribution in [2.75, 3.05) is 0 Å². The van der Waals surface area contributed by atoms with Crippen LogP contribution in [-0.2, 0) is 13.6 Å². The minimum absolute atomic E-state index is 0.0198. The number of fused-ring (bicyclic) bond motifs is 1. The van der Waals surface area contributed by atoms with E-state index in [1.165, 1.54) is 18.8 Å². The molecule has 0 aliphatic carbocycles. The molecule has 0 saturated carbocycles. The van der Waals surface area contributed by atoms with Crippen LogP contribution in [0, 0.1) is 0 Å². The summed E-state index contributed by atoms with van der Waals surface area (Å²) in [4.78, 5) is 35.2. The van der Waals surface area contributed by atoms with Gasteiger partial charge in [-0.05, 0) is 25.5 Å². The fraction of sp³-hybridized carbons (Fsp3) is 0.391. The molecule has 0 N–H and O–H groups in total. The van der Waals surface area contributed by atoms with Crippen LogP contribution in [-0.4, -0.2) is 29.3 Å². The summed E-state index contributed by atoms with van der Waals surface area (Å²) in [6, 6.07) is 9.54. The van der Waals surface area contributed by atoms with Gasteiger partial charge in [0.2, 0.25) is 11.8 Å². The molecule has 1 aromatic carbocycles. The van der Waals surface area contributed by atoms with Crippen LogP contribution in [0.2, 0.25) is 0 Å². The molecule has 4 rings (SSSR count). The van der Waals surface area contributed by atoms with E-state index in [-0.39, 0.29) is 16.9 Å². The standard InChI is InChI=1S/C23H26N6O3S/c1-6-12-29-18-16(22(30)28(5)23(29)31)21(25-17(24-18)13(2)3)33-14(4)19-26-27-20(32-19)15-10-8-7-9-11-15/h7-11,13-14H,6,12H2,1-5H3/t14-/m0/s1. The van der Waals surface area contributed by atoms with Gasteiger partial charge >= 0.3 is 5.69 Å². The first-order chi connectivity index (χ1) is 15.8. The number of aryl methyl sites for hydroxylation is 1. The lowest BCUT2D eigenvalue weighted by molar-refractivity contribution is 0.509. The summed E-state index contributed by atoms with van der Waals surface area (Å²) in [6.45, 7) is 8.31. The Balaban J connectivity index is 1.82. The van der Waals surface area contributed by atoms with Gasteiger partial charge in [-0.15, -0.1) is 10.2 Å². The Kier molecular flexibility index (Phi) is 6.46. The molecule has 0 spiro atoms. The van der Waals surface area contributed by atoms with Crippen molar-refractivity contribution in [1.29, 1.82) is 0 Å². The second kappa shape index (κ2) is 9.30. The number of aromatic nitrogens is 6. The summed E-state index contributed by atoms with van der Waals surface area (Å²) >= 11 is 1.35. The van der Waals surface area contributed by atoms with Crippen molar-refractivity contribution < 1.29 is 4.42 Å². The van der Waals surface area contributed by atoms with Gasteiger partial charge in [0.15, 0.2) is 5.65 Å². The first-order valence-electron chi connectivity index (χ1n) is 10.9. The fourth-order valence-electron chi connectivity index (χ4n) is 3.44. The van der Waals surface area contributed by atoms with E-state index in [0.29, 0.717) is 40.2 Å². The van der Waals surface area contributed by atoms with E-state index in [1.807, 2.05) is 58.0 Å². The SMILES string of the molecule is CCCn1c(=O)n(C)c(=O)c2c(S[C@@H](C)c3nnc(-c4ccccc4)o3)nc(C(C)C)nc21. The molecule has 3 aromatic heterocycles. The highest BCUT2D eigenvalue weighted by Crippen LogP contribution is 2.36. The minimum Gasteiger partial charge on any atom is -0.419 e. The van der Waals surface area contributed by atoms with E-state index in [1.54, 1.807) is 4.57 Å². The van der Waals surface area contributed by atoms with Crippen molar-refractivity contribution in [2.45, 2.75) is 56.9 Å². The third-order valence-corrected chi connectivity index (χ3v) is 6.30. The summed E-state index contributed by atoms with van der Waals surface area (Å²) in [5, 5.41) is 8.93. The zero-order valence-electron chi connectivity index (χ0n) is 19.3. The van der Waals surface area contributed by atoms with Crippen molar-refractivity contribution >= 4 is 22.8 Å². The Morgan fingerprint density at radius 3 is 2.45 bits per heavy atom. The number of thioether (sulfide) groups is 1. The molecule has 10 heteroatoms. The van der Waals surface area contributed by atoms with Crippen LogP contribution in [0.5, 0.6) is 0 Å². The normalized spacial score (nSPS) is 12.5. The van der Waals surface area contributed by atoms with Crippen molar-refractivity contribution in [3.05, 3.63) is 62.9 Å². The summed E-state index contributed by atoms with van der Waals surface area (Å²) in [6.07, 6.45) is 0.733. The van der Waals surface area contributed by atoms with Crippen molar-refractivity contribution in [3.8, 4) is 11.5 Å². The molecule has 3 heterocycles. The maximum absolute atomic E-state index is 13.1. The van der Waals surface area contributed by atoms with Gasteiger partial charge in [-0.25, -0.2) is 14.8 Å². The van der Waals surface area contributed by atoms with Crippen molar-refractivity contribution in [1.82, 2.24) is 29.3 Å². The molecule has 0 unspecified atom stereocenters. The topological polar surface area (TPSA) is 109 Å². The third kappa shape index (κ3) is 4.35. The highest BCUT2D eigenvalue weighted by atomic mass is 32.2. The predicted octanol–water partition coefficient (Wildman–Crippen LogP) is 3.93. The van der Waals surface area contributed by atoms with Crippen LogP contribution in [0.15, 0.2) is 49.4 Å². The van der Waals surface area contributed by atoms with E-state index < -0.39 is 5.56 Å². The van der Waals surface area contributed by atoms with Crippen LogP contribution in [0.25, 0.3) is 22.5 Å². The molecule has 33 heavy (non-hydrogen) atoms. The van der Waals surface area contributed by atoms with Crippen LogP contribution in [0.1, 0.15) is 57.0 Å². The Hall–Kier alpha value is -3.27. The molecule has 0 amide bonds. The van der Waals surface area contributed by atoms with Gasteiger partial charge in [-0.2, -0.15) is 0 Å². The van der Waals surface area contributed by atoms with Crippen LogP contribution in [0.3, 0.4) is 0 Å². The average molecular weight is 467 g/mol. The lowest BCUT2D eigenvalue weighted by atomic mass is 10.2. The molecule has 172 valence electrons. The van der Waals surface area contributed by atoms with E-state index >= 15 is 0 Å². The highest BCUT2D eigenvalue weighted by molar-refractivity contribution is 7.99. The molecule has 0 bridgehead atoms. The van der Waals surface area contributed by atoms with Gasteiger partial charge in [-0.1, -0.05) is 50.7 Å². The van der Waals surface area contributed by atoms with Crippen LogP contribution >= 0.6 is 11.8 Å². The van der Waals surface area contributed by atoms with Gasteiger partial charge in [0.1, 0.15) is 16.2 Å². The molecular formula is C23H26N6O3S. The molecule has 0 aliphatic heterocycles. The largest absolute Gasteiger partial charge is 0.419 e. The number of rotatable bonds is 7. The summed E-state index contributed by atoms with van der Waals surface area (Å²) in [5.74, 6) is 1.45. The fourth-order valence-corrected chi connectivity index (χ4v) is 4.41. The lowest BCUT2D eigenvalue weighted by Gasteiger charge is -2.16. The van der Waals surface area contributed by atoms with E-state index in [4.69, 9.17) is 9.40 Å². The summed E-state index contributed by atoms with van der Waals surface area (Å²) in [7, 11) is 1.48. The molecule has 0 fully saturated rings. The smallest absolute Gasteiger partial charge is 0.332 e. The lowest BCUT2D eigenvalue weighted by Crippen LogP contribution is -2.39. The monoisotopic (exact) mass is 466 g/mol. The predicted molar refractivity (Wildman–Crippen MR) is 127 cm³/mol. The molecule has 4 aromatic rings. The van der Waals surface area contributed by atoms with Crippen molar-refractivity contribution in [2.24, 2.45) is 7.05 Å². The number of nitrogens with zero attached hydrogens (tertiary/aromatic N) is 6. The first-order valence-corrected chi connectivity index (χ1v) is 11.8. The Morgan fingerprint density at radius 2 is 1.79 bits per heavy atom. The second-order valence-electron chi connectivity index (χ2n) is 8.11. The first kappa shape index (κ1) is 22.9. The zero-order chi connectivity index (χ0) is 23.7. The average Bonchev–Trinajstić information content (AvgIpc) is 3.31. The Bertz CT molecular complexity index is 1410. The van der Waals surface area contributed by atoms with Gasteiger partial charge in [-0.3, -0.25) is 13.9 Å². The van der Waals surface area contributed by atoms with Gasteiger partial charge in [0.25, 0.3) is 5.56 Å². The van der Waals surface area contributed by atoms with Gasteiger partial charge in [0, 0.05) is 25.1 Å². The number of hydrogen-bond donors (Lipinski definition) is 0. The van der Waals surface area contributed by atoms with E-state index in [2.05, 4.69) is 15.2 Å². The number of hydrogen-bond acceptors (Lipinski definition) is 8. The van der Waals surface area contributed by atoms with Crippen LogP contribution < -0.4 is 11.2 Å². The quantitative estimate of drug-likeness (QED) is 0.298. The Labute approximate surface area is 194 Å². The highest BCUT2D eigenvalue weighted by Gasteiger charge is 2.23. The zero-order valence-corrected chi connectivity index (χ0v) is 20.1.